The predicted molar refractivity (Wildman–Crippen MR) is 80.5 cm³/mol. The van der Waals surface area contributed by atoms with Crippen LogP contribution < -0.4 is 4.74 Å². The van der Waals surface area contributed by atoms with Crippen molar-refractivity contribution in [3.8, 4) is 5.75 Å². The van der Waals surface area contributed by atoms with Crippen molar-refractivity contribution in [3.05, 3.63) is 23.8 Å². The third-order valence-corrected chi connectivity index (χ3v) is 3.98. The molecule has 0 N–H and O–H groups in total. The number of unbranched alkanes of at least 4 members (excludes halogenated alkanes) is 1. The van der Waals surface area contributed by atoms with Gasteiger partial charge in [-0.1, -0.05) is 20.3 Å². The lowest BCUT2D eigenvalue weighted by Crippen LogP contribution is -2.08. The van der Waals surface area contributed by atoms with Crippen LogP contribution in [0.1, 0.15) is 43.5 Å². The van der Waals surface area contributed by atoms with Gasteiger partial charge in [-0.3, -0.25) is 0 Å². The van der Waals surface area contributed by atoms with Crippen molar-refractivity contribution >= 4 is 25.7 Å². The van der Waals surface area contributed by atoms with E-state index < -0.39 is 15.0 Å². The number of hydrogen-bond donors (Lipinski definition) is 0. The van der Waals surface area contributed by atoms with Crippen LogP contribution >= 0.6 is 10.7 Å². The second-order valence-corrected chi connectivity index (χ2v) is 6.97. The molecule has 21 heavy (non-hydrogen) atoms. The highest BCUT2D eigenvalue weighted by Crippen LogP contribution is 2.28. The van der Waals surface area contributed by atoms with E-state index in [2.05, 4.69) is 0 Å². The Morgan fingerprint density at radius 3 is 2.48 bits per heavy atom. The van der Waals surface area contributed by atoms with E-state index in [1.54, 1.807) is 0 Å². The molecule has 0 heterocycles. The van der Waals surface area contributed by atoms with Gasteiger partial charge in [0.2, 0.25) is 0 Å². The molecule has 0 amide bonds. The molecule has 0 unspecified atom stereocenters. The molecule has 0 atom stereocenters. The lowest BCUT2D eigenvalue weighted by Gasteiger charge is -2.11. The van der Waals surface area contributed by atoms with E-state index in [1.807, 2.05) is 13.8 Å². The first-order valence-electron chi connectivity index (χ1n) is 6.78. The molecule has 1 aromatic carbocycles. The molecule has 0 fully saturated rings. The molecule has 0 aliphatic heterocycles. The Labute approximate surface area is 129 Å². The monoisotopic (exact) mass is 334 g/mol. The highest BCUT2D eigenvalue weighted by Gasteiger charge is 2.20. The number of halogens is 1. The molecule has 1 aromatic rings. The van der Waals surface area contributed by atoms with Crippen molar-refractivity contribution < 1.29 is 22.7 Å². The zero-order chi connectivity index (χ0) is 15.9. The van der Waals surface area contributed by atoms with Crippen LogP contribution in [0.4, 0.5) is 0 Å². The van der Waals surface area contributed by atoms with Gasteiger partial charge in [0, 0.05) is 10.7 Å². The SMILES string of the molecule is CCCCOc1ccc(C(=O)OCCC)cc1S(=O)(=O)Cl. The van der Waals surface area contributed by atoms with E-state index in [0.717, 1.165) is 12.8 Å². The minimum absolute atomic E-state index is 0.130. The summed E-state index contributed by atoms with van der Waals surface area (Å²) < 4.78 is 33.6. The van der Waals surface area contributed by atoms with Crippen LogP contribution in [0, 0.1) is 0 Å². The highest BCUT2D eigenvalue weighted by molar-refractivity contribution is 8.13. The number of carbonyl (C=O) groups is 1. The van der Waals surface area contributed by atoms with Gasteiger partial charge in [0.05, 0.1) is 18.8 Å². The quantitative estimate of drug-likeness (QED) is 0.414. The first-order chi connectivity index (χ1) is 9.90. The molecule has 0 aliphatic carbocycles. The lowest BCUT2D eigenvalue weighted by atomic mass is 10.2. The molecular formula is C14H19ClO5S. The Hall–Kier alpha value is -1.27. The summed E-state index contributed by atoms with van der Waals surface area (Å²) in [5, 5.41) is 0. The van der Waals surface area contributed by atoms with Crippen molar-refractivity contribution in [2.24, 2.45) is 0 Å². The summed E-state index contributed by atoms with van der Waals surface area (Å²) >= 11 is 0. The van der Waals surface area contributed by atoms with Gasteiger partial charge in [-0.05, 0) is 31.0 Å². The summed E-state index contributed by atoms with van der Waals surface area (Å²) in [7, 11) is 1.39. The van der Waals surface area contributed by atoms with Crippen LogP contribution in [0.3, 0.4) is 0 Å². The Balaban J connectivity index is 3.04. The largest absolute Gasteiger partial charge is 0.492 e. The standard InChI is InChI=1S/C14H19ClO5S/c1-3-5-9-19-12-7-6-11(14(16)20-8-4-2)10-13(12)21(15,17)18/h6-7,10H,3-5,8-9H2,1-2H3. The predicted octanol–water partition coefficient (Wildman–Crippen LogP) is 3.36. The number of ether oxygens (including phenoxy) is 2. The van der Waals surface area contributed by atoms with Gasteiger partial charge in [0.25, 0.3) is 9.05 Å². The van der Waals surface area contributed by atoms with E-state index in [9.17, 15) is 13.2 Å². The molecule has 0 bridgehead atoms. The van der Waals surface area contributed by atoms with Crippen molar-refractivity contribution in [1.29, 1.82) is 0 Å². The minimum atomic E-state index is -4.01. The third kappa shape index (κ3) is 5.55. The summed E-state index contributed by atoms with van der Waals surface area (Å²) in [5.41, 5.74) is 0.130. The Bertz CT molecular complexity index is 583. The molecular weight excluding hydrogens is 316 g/mol. The number of hydrogen-bond acceptors (Lipinski definition) is 5. The molecule has 0 saturated carbocycles. The summed E-state index contributed by atoms with van der Waals surface area (Å²) in [6.45, 7) is 4.52. The summed E-state index contributed by atoms with van der Waals surface area (Å²) in [5.74, 6) is -0.441. The van der Waals surface area contributed by atoms with Crippen LogP contribution in [0.2, 0.25) is 0 Å². The molecule has 0 aromatic heterocycles. The fourth-order valence-electron chi connectivity index (χ4n) is 1.55. The molecule has 118 valence electrons. The Morgan fingerprint density at radius 2 is 1.90 bits per heavy atom. The second-order valence-electron chi connectivity index (χ2n) is 4.44. The van der Waals surface area contributed by atoms with Crippen molar-refractivity contribution in [1.82, 2.24) is 0 Å². The van der Waals surface area contributed by atoms with Crippen LogP contribution in [0.5, 0.6) is 5.75 Å². The minimum Gasteiger partial charge on any atom is -0.492 e. The van der Waals surface area contributed by atoms with Gasteiger partial charge in [0.1, 0.15) is 10.6 Å². The van der Waals surface area contributed by atoms with Crippen LogP contribution in [-0.2, 0) is 13.8 Å². The maximum Gasteiger partial charge on any atom is 0.338 e. The van der Waals surface area contributed by atoms with E-state index in [0.29, 0.717) is 13.0 Å². The first-order valence-corrected chi connectivity index (χ1v) is 9.09. The third-order valence-electron chi connectivity index (χ3n) is 2.63. The number of carbonyl (C=O) groups excluding carboxylic acids is 1. The average Bonchev–Trinajstić information content (AvgIpc) is 2.44. The zero-order valence-electron chi connectivity index (χ0n) is 12.1. The molecule has 0 spiro atoms. The Kier molecular flexibility index (Phi) is 6.98. The summed E-state index contributed by atoms with van der Waals surface area (Å²) in [6, 6.07) is 4.07. The van der Waals surface area contributed by atoms with Gasteiger partial charge < -0.3 is 9.47 Å². The van der Waals surface area contributed by atoms with Crippen LogP contribution in [0.15, 0.2) is 23.1 Å². The van der Waals surface area contributed by atoms with E-state index >= 15 is 0 Å². The topological polar surface area (TPSA) is 69.7 Å². The summed E-state index contributed by atoms with van der Waals surface area (Å²) in [4.78, 5) is 11.5. The second kappa shape index (κ2) is 8.24. The number of benzene rings is 1. The number of rotatable bonds is 8. The van der Waals surface area contributed by atoms with Gasteiger partial charge >= 0.3 is 5.97 Å². The van der Waals surface area contributed by atoms with Gasteiger partial charge in [-0.2, -0.15) is 0 Å². The normalized spacial score (nSPS) is 11.2. The fourth-order valence-corrected chi connectivity index (χ4v) is 2.55. The van der Waals surface area contributed by atoms with Gasteiger partial charge in [0.15, 0.2) is 0 Å². The van der Waals surface area contributed by atoms with Crippen LogP contribution in [-0.4, -0.2) is 27.6 Å². The maximum absolute atomic E-state index is 11.8. The van der Waals surface area contributed by atoms with E-state index in [4.69, 9.17) is 20.2 Å². The van der Waals surface area contributed by atoms with E-state index in [1.165, 1.54) is 18.2 Å². The van der Waals surface area contributed by atoms with Gasteiger partial charge in [-0.25, -0.2) is 13.2 Å². The molecule has 0 saturated heterocycles. The highest BCUT2D eigenvalue weighted by atomic mass is 35.7. The first kappa shape index (κ1) is 17.8. The van der Waals surface area contributed by atoms with Crippen molar-refractivity contribution in [3.63, 3.8) is 0 Å². The molecule has 0 aliphatic rings. The number of esters is 1. The van der Waals surface area contributed by atoms with Crippen molar-refractivity contribution in [2.75, 3.05) is 13.2 Å². The lowest BCUT2D eigenvalue weighted by molar-refractivity contribution is 0.0504. The Morgan fingerprint density at radius 1 is 1.19 bits per heavy atom. The average molecular weight is 335 g/mol. The smallest absolute Gasteiger partial charge is 0.338 e. The molecule has 7 heteroatoms. The van der Waals surface area contributed by atoms with E-state index in [-0.39, 0.29) is 22.8 Å². The van der Waals surface area contributed by atoms with Crippen molar-refractivity contribution in [2.45, 2.75) is 38.0 Å². The maximum atomic E-state index is 11.8. The zero-order valence-corrected chi connectivity index (χ0v) is 13.7. The van der Waals surface area contributed by atoms with Crippen LogP contribution in [0.25, 0.3) is 0 Å². The molecule has 1 rings (SSSR count). The fraction of sp³-hybridized carbons (Fsp3) is 0.500. The van der Waals surface area contributed by atoms with Gasteiger partial charge in [-0.15, -0.1) is 0 Å². The molecule has 0 radical (unpaired) electrons. The summed E-state index contributed by atoms with van der Waals surface area (Å²) in [6.07, 6.45) is 2.40. The molecule has 5 nitrogen and oxygen atoms in total.